The molecule has 1 saturated heterocycles. The van der Waals surface area contributed by atoms with Gasteiger partial charge >= 0.3 is 12.1 Å². The summed E-state index contributed by atoms with van der Waals surface area (Å²) in [5.41, 5.74) is 0. The van der Waals surface area contributed by atoms with Crippen LogP contribution in [0.1, 0.15) is 6.92 Å². The van der Waals surface area contributed by atoms with Gasteiger partial charge in [0.15, 0.2) is 0 Å². The van der Waals surface area contributed by atoms with Crippen molar-refractivity contribution >= 4 is 18.0 Å². The van der Waals surface area contributed by atoms with Crippen molar-refractivity contribution in [2.45, 2.75) is 13.0 Å². The molecule has 1 aliphatic rings. The van der Waals surface area contributed by atoms with Crippen LogP contribution in [0.5, 0.6) is 0 Å². The van der Waals surface area contributed by atoms with E-state index in [1.165, 1.54) is 0 Å². The van der Waals surface area contributed by atoms with Gasteiger partial charge in [0.1, 0.15) is 0 Å². The molecule has 0 radical (unpaired) electrons. The number of likely N-dealkylation sites (N-methyl/N-ethyl adjacent to an activating group) is 1. The maximum Gasteiger partial charge on any atom is 0.413 e. The average molecular weight is 274 g/mol. The average Bonchev–Trinajstić information content (AvgIpc) is 2.77. The number of nitrogens with one attached hydrogen (secondary N) is 1. The monoisotopic (exact) mass is 274 g/mol. The number of imide groups is 1. The summed E-state index contributed by atoms with van der Waals surface area (Å²) in [6.45, 7) is 2.08. The van der Waals surface area contributed by atoms with Crippen LogP contribution in [0, 0.1) is 5.92 Å². The first-order valence-corrected chi connectivity index (χ1v) is 5.93. The molecule has 0 aromatic heterocycles. The molecule has 2 unspecified atom stereocenters. The quantitative estimate of drug-likeness (QED) is 0.682. The van der Waals surface area contributed by atoms with Gasteiger partial charge in [-0.1, -0.05) is 0 Å². The summed E-state index contributed by atoms with van der Waals surface area (Å²) >= 11 is 0. The number of carbonyl (C=O) groups excluding carboxylic acids is 2. The number of nitrogens with zero attached hydrogens (tertiary/aromatic N) is 1. The predicted octanol–water partition coefficient (Wildman–Crippen LogP) is -0.709. The standard InChI is InChI=1S/C11H18N2O6/c1-3-19-11(17)12-9(14)4-13(2)8-6-18-5-7(8)10(15)16/h7-8H,3-6H2,1-2H3,(H,15,16)(H,12,14,17). The summed E-state index contributed by atoms with van der Waals surface area (Å²) in [4.78, 5) is 35.1. The summed E-state index contributed by atoms with van der Waals surface area (Å²) in [7, 11) is 1.61. The molecule has 2 amide bonds. The molecule has 2 atom stereocenters. The fraction of sp³-hybridized carbons (Fsp3) is 0.727. The van der Waals surface area contributed by atoms with E-state index in [4.69, 9.17) is 9.84 Å². The number of rotatable bonds is 5. The number of hydrogen-bond donors (Lipinski definition) is 2. The van der Waals surface area contributed by atoms with Crippen molar-refractivity contribution in [3.8, 4) is 0 Å². The Labute approximate surface area is 110 Å². The molecule has 19 heavy (non-hydrogen) atoms. The first-order valence-electron chi connectivity index (χ1n) is 5.93. The second-order valence-electron chi connectivity index (χ2n) is 4.23. The van der Waals surface area contributed by atoms with E-state index < -0.39 is 23.9 Å². The Kier molecular flexibility index (Phi) is 5.71. The molecule has 108 valence electrons. The number of aliphatic carboxylic acids is 1. The lowest BCUT2D eigenvalue weighted by Gasteiger charge is -2.25. The molecular weight excluding hydrogens is 256 g/mol. The number of hydrogen-bond acceptors (Lipinski definition) is 6. The van der Waals surface area contributed by atoms with E-state index in [9.17, 15) is 14.4 Å². The highest BCUT2D eigenvalue weighted by Crippen LogP contribution is 2.18. The Morgan fingerprint density at radius 2 is 2.11 bits per heavy atom. The molecular formula is C11H18N2O6. The van der Waals surface area contributed by atoms with Gasteiger partial charge in [0.2, 0.25) is 5.91 Å². The lowest BCUT2D eigenvalue weighted by molar-refractivity contribution is -0.143. The first-order chi connectivity index (χ1) is 8.95. The zero-order valence-electron chi connectivity index (χ0n) is 10.9. The molecule has 0 spiro atoms. The molecule has 0 aliphatic carbocycles. The Morgan fingerprint density at radius 3 is 2.68 bits per heavy atom. The SMILES string of the molecule is CCOC(=O)NC(=O)CN(C)C1COCC1C(=O)O. The smallest absolute Gasteiger partial charge is 0.413 e. The van der Waals surface area contributed by atoms with Crippen molar-refractivity contribution in [3.63, 3.8) is 0 Å². The number of carbonyl (C=O) groups is 3. The zero-order valence-corrected chi connectivity index (χ0v) is 10.9. The van der Waals surface area contributed by atoms with Crippen LogP contribution in [0.15, 0.2) is 0 Å². The predicted molar refractivity (Wildman–Crippen MR) is 63.5 cm³/mol. The summed E-state index contributed by atoms with van der Waals surface area (Å²) < 4.78 is 9.68. The number of amides is 2. The number of carboxylic acids is 1. The van der Waals surface area contributed by atoms with Crippen LogP contribution in [0.2, 0.25) is 0 Å². The molecule has 1 fully saturated rings. The Balaban J connectivity index is 2.45. The van der Waals surface area contributed by atoms with Gasteiger partial charge in [-0.25, -0.2) is 4.79 Å². The van der Waals surface area contributed by atoms with Gasteiger partial charge < -0.3 is 14.6 Å². The molecule has 2 N–H and O–H groups in total. The molecule has 8 heteroatoms. The maximum absolute atomic E-state index is 11.5. The Hall–Kier alpha value is -1.67. The lowest BCUT2D eigenvalue weighted by Crippen LogP contribution is -2.46. The largest absolute Gasteiger partial charge is 0.481 e. The van der Waals surface area contributed by atoms with Gasteiger partial charge in [0.25, 0.3) is 0 Å². The van der Waals surface area contributed by atoms with Crippen molar-refractivity contribution in [1.82, 2.24) is 10.2 Å². The topological polar surface area (TPSA) is 105 Å². The van der Waals surface area contributed by atoms with Crippen LogP contribution in [0.25, 0.3) is 0 Å². The molecule has 0 saturated carbocycles. The molecule has 0 aromatic carbocycles. The second-order valence-corrected chi connectivity index (χ2v) is 4.23. The lowest BCUT2D eigenvalue weighted by atomic mass is 10.0. The van der Waals surface area contributed by atoms with Crippen molar-refractivity contribution in [3.05, 3.63) is 0 Å². The molecule has 8 nitrogen and oxygen atoms in total. The van der Waals surface area contributed by atoms with Crippen molar-refractivity contribution in [1.29, 1.82) is 0 Å². The second kappa shape index (κ2) is 7.05. The van der Waals surface area contributed by atoms with Crippen molar-refractivity contribution in [2.24, 2.45) is 5.92 Å². The van der Waals surface area contributed by atoms with E-state index in [0.717, 1.165) is 0 Å². The van der Waals surface area contributed by atoms with Crippen LogP contribution in [0.4, 0.5) is 4.79 Å². The fourth-order valence-corrected chi connectivity index (χ4v) is 1.88. The highest BCUT2D eigenvalue weighted by atomic mass is 16.5. The maximum atomic E-state index is 11.5. The summed E-state index contributed by atoms with van der Waals surface area (Å²) in [6, 6.07) is -0.384. The summed E-state index contributed by atoms with van der Waals surface area (Å²) in [5, 5.41) is 11.1. The Morgan fingerprint density at radius 1 is 1.42 bits per heavy atom. The number of ether oxygens (including phenoxy) is 2. The Bertz CT molecular complexity index is 359. The van der Waals surface area contributed by atoms with E-state index in [1.807, 2.05) is 5.32 Å². The third kappa shape index (κ3) is 4.49. The molecule has 1 heterocycles. The molecule has 1 aliphatic heterocycles. The van der Waals surface area contributed by atoms with Crippen LogP contribution in [-0.2, 0) is 19.1 Å². The van der Waals surface area contributed by atoms with Gasteiger partial charge in [-0.15, -0.1) is 0 Å². The van der Waals surface area contributed by atoms with Crippen LogP contribution < -0.4 is 5.32 Å². The fourth-order valence-electron chi connectivity index (χ4n) is 1.88. The van der Waals surface area contributed by atoms with E-state index in [-0.39, 0.29) is 32.4 Å². The van der Waals surface area contributed by atoms with Gasteiger partial charge in [-0.05, 0) is 14.0 Å². The van der Waals surface area contributed by atoms with E-state index in [1.54, 1.807) is 18.9 Å². The van der Waals surface area contributed by atoms with Crippen LogP contribution in [-0.4, -0.2) is 67.4 Å². The molecule has 0 bridgehead atoms. The molecule has 1 rings (SSSR count). The van der Waals surface area contributed by atoms with Gasteiger partial charge in [-0.2, -0.15) is 0 Å². The van der Waals surface area contributed by atoms with Gasteiger partial charge in [0.05, 0.1) is 32.3 Å². The zero-order chi connectivity index (χ0) is 14.4. The van der Waals surface area contributed by atoms with Crippen molar-refractivity contribution < 1.29 is 29.0 Å². The minimum Gasteiger partial charge on any atom is -0.481 e. The van der Waals surface area contributed by atoms with E-state index >= 15 is 0 Å². The third-order valence-corrected chi connectivity index (χ3v) is 2.84. The molecule has 0 aromatic rings. The highest BCUT2D eigenvalue weighted by molar-refractivity contribution is 5.92. The normalized spacial score (nSPS) is 22.3. The first kappa shape index (κ1) is 15.4. The number of alkyl carbamates (subject to hydrolysis) is 1. The summed E-state index contributed by atoms with van der Waals surface area (Å²) in [5.74, 6) is -2.17. The van der Waals surface area contributed by atoms with E-state index in [2.05, 4.69) is 4.74 Å². The minimum atomic E-state index is -0.958. The summed E-state index contributed by atoms with van der Waals surface area (Å²) in [6.07, 6.45) is -0.807. The van der Waals surface area contributed by atoms with Crippen molar-refractivity contribution in [2.75, 3.05) is 33.4 Å². The van der Waals surface area contributed by atoms with E-state index in [0.29, 0.717) is 0 Å². The van der Waals surface area contributed by atoms with Crippen LogP contribution >= 0.6 is 0 Å². The third-order valence-electron chi connectivity index (χ3n) is 2.84. The van der Waals surface area contributed by atoms with Gasteiger partial charge in [-0.3, -0.25) is 19.8 Å². The minimum absolute atomic E-state index is 0.101. The number of carboxylic acid groups (broad SMARTS) is 1. The van der Waals surface area contributed by atoms with Crippen LogP contribution in [0.3, 0.4) is 0 Å². The highest BCUT2D eigenvalue weighted by Gasteiger charge is 2.37. The van der Waals surface area contributed by atoms with Gasteiger partial charge in [0, 0.05) is 6.04 Å².